The van der Waals surface area contributed by atoms with Crippen molar-refractivity contribution in [2.45, 2.75) is 0 Å². The Morgan fingerprint density at radius 2 is 1.85 bits per heavy atom. The summed E-state index contributed by atoms with van der Waals surface area (Å²) in [4.78, 5) is 17.2. The van der Waals surface area contributed by atoms with Crippen LogP contribution in [-0.2, 0) is 0 Å². The summed E-state index contributed by atoms with van der Waals surface area (Å²) >= 11 is 13.1. The van der Waals surface area contributed by atoms with E-state index in [-0.39, 0.29) is 5.91 Å². The van der Waals surface area contributed by atoms with Gasteiger partial charge in [0.25, 0.3) is 5.91 Å². The zero-order chi connectivity index (χ0) is 19.0. The fraction of sp³-hybridized carbons (Fsp3) is 0. The summed E-state index contributed by atoms with van der Waals surface area (Å²) in [7, 11) is 0. The van der Waals surface area contributed by atoms with Crippen LogP contribution in [0.5, 0.6) is 0 Å². The Labute approximate surface area is 177 Å². The molecule has 7 heteroatoms. The highest BCUT2D eigenvalue weighted by atomic mass is 79.9. The van der Waals surface area contributed by atoms with Crippen molar-refractivity contribution < 1.29 is 4.79 Å². The normalized spacial score (nSPS) is 10.9. The first kappa shape index (κ1) is 18.2. The van der Waals surface area contributed by atoms with Crippen molar-refractivity contribution in [3.63, 3.8) is 0 Å². The summed E-state index contributed by atoms with van der Waals surface area (Å²) in [6.45, 7) is 0. The molecule has 0 spiro atoms. The van der Waals surface area contributed by atoms with Crippen molar-refractivity contribution in [2.75, 3.05) is 5.32 Å². The summed E-state index contributed by atoms with van der Waals surface area (Å²) < 4.78 is 3.79. The number of rotatable bonds is 3. The molecule has 2 aromatic heterocycles. The summed E-state index contributed by atoms with van der Waals surface area (Å²) in [5.41, 5.74) is 3.64. The molecule has 2 aromatic carbocycles. The molecule has 0 fully saturated rings. The minimum atomic E-state index is -0.251. The number of halogens is 3. The van der Waals surface area contributed by atoms with Crippen LogP contribution < -0.4 is 5.32 Å². The Morgan fingerprint density at radius 3 is 2.67 bits per heavy atom. The third-order valence-corrected chi connectivity index (χ3v) is 5.35. The van der Waals surface area contributed by atoms with Gasteiger partial charge in [-0.3, -0.25) is 4.79 Å². The fourth-order valence-electron chi connectivity index (χ4n) is 2.76. The van der Waals surface area contributed by atoms with Gasteiger partial charge in [0.15, 0.2) is 5.65 Å². The van der Waals surface area contributed by atoms with Gasteiger partial charge in [0, 0.05) is 28.1 Å². The summed E-state index contributed by atoms with van der Waals surface area (Å²) in [5.74, 6) is -0.251. The molecule has 4 nitrogen and oxygen atoms in total. The highest BCUT2D eigenvalue weighted by molar-refractivity contribution is 9.11. The van der Waals surface area contributed by atoms with Crippen LogP contribution in [0.25, 0.3) is 16.9 Å². The van der Waals surface area contributed by atoms with Gasteiger partial charge >= 0.3 is 0 Å². The fourth-order valence-corrected chi connectivity index (χ4v) is 4.28. The van der Waals surface area contributed by atoms with Gasteiger partial charge in [-0.25, -0.2) is 4.98 Å². The van der Waals surface area contributed by atoms with Crippen LogP contribution in [0, 0.1) is 0 Å². The number of carbonyl (C=O) groups is 1. The number of hydrogen-bond acceptors (Lipinski definition) is 2. The SMILES string of the molecule is O=C(Nc1cccc(-c2cn3cc(Br)cc(Br)c3n2)c1)c1ccccc1Cl. The lowest BCUT2D eigenvalue weighted by molar-refractivity contribution is 0.102. The van der Waals surface area contributed by atoms with E-state index in [9.17, 15) is 4.79 Å². The number of amides is 1. The first-order valence-corrected chi connectivity index (χ1v) is 9.98. The van der Waals surface area contributed by atoms with E-state index in [2.05, 4.69) is 42.2 Å². The Kier molecular flexibility index (Phi) is 5.04. The molecule has 4 rings (SSSR count). The molecule has 0 saturated heterocycles. The van der Waals surface area contributed by atoms with Gasteiger partial charge in [0.2, 0.25) is 0 Å². The standard InChI is InChI=1S/C20H12Br2ClN3O/c21-13-9-16(22)19-25-18(11-26(19)10-13)12-4-3-5-14(8-12)24-20(27)15-6-1-2-7-17(15)23/h1-11H,(H,24,27). The second-order valence-corrected chi connectivity index (χ2v) is 8.06. The first-order chi connectivity index (χ1) is 13.0. The number of aromatic nitrogens is 2. The average molecular weight is 506 g/mol. The number of benzene rings is 2. The molecule has 0 radical (unpaired) electrons. The topological polar surface area (TPSA) is 46.4 Å². The summed E-state index contributed by atoms with van der Waals surface area (Å²) in [6, 6.07) is 16.5. The number of fused-ring (bicyclic) bond motifs is 1. The van der Waals surface area contributed by atoms with Crippen LogP contribution >= 0.6 is 43.5 Å². The van der Waals surface area contributed by atoms with Gasteiger partial charge in [-0.15, -0.1) is 0 Å². The van der Waals surface area contributed by atoms with E-state index in [1.165, 1.54) is 0 Å². The number of imidazole rings is 1. The smallest absolute Gasteiger partial charge is 0.257 e. The molecule has 27 heavy (non-hydrogen) atoms. The minimum Gasteiger partial charge on any atom is -0.322 e. The predicted molar refractivity (Wildman–Crippen MR) is 115 cm³/mol. The molecule has 0 aliphatic rings. The second-order valence-electron chi connectivity index (χ2n) is 5.88. The van der Waals surface area contributed by atoms with Crippen LogP contribution in [0.15, 0.2) is 75.9 Å². The zero-order valence-corrected chi connectivity index (χ0v) is 17.7. The molecule has 0 bridgehead atoms. The monoisotopic (exact) mass is 503 g/mol. The molecule has 134 valence electrons. The number of pyridine rings is 1. The third-order valence-electron chi connectivity index (χ3n) is 4.01. The number of nitrogens with one attached hydrogen (secondary N) is 1. The Bertz CT molecular complexity index is 1170. The van der Waals surface area contributed by atoms with Gasteiger partial charge in [0.1, 0.15) is 0 Å². The van der Waals surface area contributed by atoms with Crippen LogP contribution in [-0.4, -0.2) is 15.3 Å². The number of hydrogen-bond donors (Lipinski definition) is 1. The quantitative estimate of drug-likeness (QED) is 0.349. The molecule has 0 atom stereocenters. The number of anilines is 1. The van der Waals surface area contributed by atoms with E-state index in [1.54, 1.807) is 24.3 Å². The second kappa shape index (κ2) is 7.46. The van der Waals surface area contributed by atoms with E-state index in [1.807, 2.05) is 47.1 Å². The van der Waals surface area contributed by atoms with Crippen molar-refractivity contribution in [1.82, 2.24) is 9.38 Å². The maximum atomic E-state index is 12.5. The van der Waals surface area contributed by atoms with Crippen LogP contribution in [0.4, 0.5) is 5.69 Å². The van der Waals surface area contributed by atoms with E-state index in [0.29, 0.717) is 16.3 Å². The van der Waals surface area contributed by atoms with Gasteiger partial charge in [0.05, 0.1) is 20.8 Å². The van der Waals surface area contributed by atoms with Crippen molar-refractivity contribution >= 4 is 60.7 Å². The van der Waals surface area contributed by atoms with Crippen molar-refractivity contribution in [3.8, 4) is 11.3 Å². The lowest BCUT2D eigenvalue weighted by Gasteiger charge is -2.07. The summed E-state index contributed by atoms with van der Waals surface area (Å²) in [6.07, 6.45) is 3.89. The van der Waals surface area contributed by atoms with Crippen molar-refractivity contribution in [3.05, 3.63) is 86.5 Å². The Balaban J connectivity index is 1.66. The molecule has 0 unspecified atom stereocenters. The highest BCUT2D eigenvalue weighted by Crippen LogP contribution is 2.28. The minimum absolute atomic E-state index is 0.251. The molecule has 0 aliphatic heterocycles. The van der Waals surface area contributed by atoms with Crippen LogP contribution in [0.1, 0.15) is 10.4 Å². The lowest BCUT2D eigenvalue weighted by atomic mass is 10.1. The lowest BCUT2D eigenvalue weighted by Crippen LogP contribution is -2.12. The molecule has 1 N–H and O–H groups in total. The van der Waals surface area contributed by atoms with E-state index in [0.717, 1.165) is 25.8 Å². The van der Waals surface area contributed by atoms with E-state index < -0.39 is 0 Å². The highest BCUT2D eigenvalue weighted by Gasteiger charge is 2.12. The molecule has 0 saturated carbocycles. The number of carbonyl (C=O) groups excluding carboxylic acids is 1. The number of nitrogens with zero attached hydrogens (tertiary/aromatic N) is 2. The third kappa shape index (κ3) is 3.78. The average Bonchev–Trinajstić information content (AvgIpc) is 3.06. The predicted octanol–water partition coefficient (Wildman–Crippen LogP) is 6.43. The molecule has 2 heterocycles. The first-order valence-electron chi connectivity index (χ1n) is 8.01. The van der Waals surface area contributed by atoms with Crippen LogP contribution in [0.3, 0.4) is 0 Å². The largest absolute Gasteiger partial charge is 0.322 e. The molecule has 4 aromatic rings. The Morgan fingerprint density at radius 1 is 1.04 bits per heavy atom. The van der Waals surface area contributed by atoms with Gasteiger partial charge < -0.3 is 9.72 Å². The molecular formula is C20H12Br2ClN3O. The Hall–Kier alpha value is -2.15. The van der Waals surface area contributed by atoms with E-state index >= 15 is 0 Å². The van der Waals surface area contributed by atoms with Gasteiger partial charge in [-0.2, -0.15) is 0 Å². The van der Waals surface area contributed by atoms with Gasteiger partial charge in [-0.1, -0.05) is 35.9 Å². The summed E-state index contributed by atoms with van der Waals surface area (Å²) in [5, 5.41) is 3.31. The maximum absolute atomic E-state index is 12.5. The zero-order valence-electron chi connectivity index (χ0n) is 13.8. The molecule has 0 aliphatic carbocycles. The molecular weight excluding hydrogens is 494 g/mol. The molecule has 1 amide bonds. The van der Waals surface area contributed by atoms with Crippen LogP contribution in [0.2, 0.25) is 5.02 Å². The van der Waals surface area contributed by atoms with E-state index in [4.69, 9.17) is 11.6 Å². The van der Waals surface area contributed by atoms with Crippen molar-refractivity contribution in [1.29, 1.82) is 0 Å². The van der Waals surface area contributed by atoms with Crippen molar-refractivity contribution in [2.24, 2.45) is 0 Å². The maximum Gasteiger partial charge on any atom is 0.257 e. The van der Waals surface area contributed by atoms with Gasteiger partial charge in [-0.05, 0) is 62.2 Å².